The Kier molecular flexibility index (Phi) is 10.1. The highest BCUT2D eigenvalue weighted by Gasteiger charge is 2.37. The van der Waals surface area contributed by atoms with E-state index in [0.29, 0.717) is 0 Å². The number of anilines is 9. The van der Waals surface area contributed by atoms with Gasteiger partial charge in [0.1, 0.15) is 0 Å². The van der Waals surface area contributed by atoms with Gasteiger partial charge in [0.05, 0.1) is 17.1 Å². The van der Waals surface area contributed by atoms with E-state index >= 15 is 0 Å². The van der Waals surface area contributed by atoms with E-state index in [1.54, 1.807) is 0 Å². The summed E-state index contributed by atoms with van der Waals surface area (Å²) in [6.07, 6.45) is 0. The molecule has 0 saturated heterocycles. The molecule has 3 nitrogen and oxygen atoms in total. The molecule has 0 spiro atoms. The Morgan fingerprint density at radius 1 is 0.292 bits per heavy atom. The van der Waals surface area contributed by atoms with Gasteiger partial charge in [-0.3, -0.25) is 0 Å². The van der Waals surface area contributed by atoms with E-state index in [-0.39, 0.29) is 5.41 Å². The molecule has 0 saturated carbocycles. The second-order valence-corrected chi connectivity index (χ2v) is 17.5. The van der Waals surface area contributed by atoms with Crippen LogP contribution in [0.1, 0.15) is 30.5 Å². The molecule has 0 N–H and O–H groups in total. The molecule has 0 heterocycles. The summed E-state index contributed by atoms with van der Waals surface area (Å²) in [7, 11) is 0. The molecule has 0 atom stereocenters. The third-order valence-corrected chi connectivity index (χ3v) is 13.1. The largest absolute Gasteiger partial charge is 0.310 e. The number of nitrogens with zero attached hydrogens (tertiary/aromatic N) is 3. The van der Waals surface area contributed by atoms with Gasteiger partial charge in [0, 0.05) is 39.5 Å². The first kappa shape index (κ1) is 39.7. The van der Waals surface area contributed by atoms with Gasteiger partial charge >= 0.3 is 0 Å². The lowest BCUT2D eigenvalue weighted by molar-refractivity contribution is 0.660. The van der Waals surface area contributed by atoms with Gasteiger partial charge in [-0.15, -0.1) is 0 Å². The van der Waals surface area contributed by atoms with Crippen LogP contribution in [0.25, 0.3) is 33.0 Å². The zero-order chi connectivity index (χ0) is 43.9. The summed E-state index contributed by atoms with van der Waals surface area (Å²) in [6, 6.07) is 88.1. The minimum Gasteiger partial charge on any atom is -0.310 e. The smallest absolute Gasteiger partial charge is 0.0503 e. The maximum Gasteiger partial charge on any atom is 0.0503 e. The monoisotopic (exact) mass is 835 g/mol. The molecule has 0 amide bonds. The van der Waals surface area contributed by atoms with Crippen LogP contribution in [0.5, 0.6) is 0 Å². The highest BCUT2D eigenvalue weighted by molar-refractivity contribution is 5.92. The van der Waals surface area contributed by atoms with Gasteiger partial charge in [0.15, 0.2) is 0 Å². The fourth-order valence-corrected chi connectivity index (χ4v) is 9.89. The number of hydrogen-bond acceptors (Lipinski definition) is 3. The maximum absolute atomic E-state index is 2.45. The minimum atomic E-state index is -0.180. The first-order chi connectivity index (χ1) is 31.9. The minimum absolute atomic E-state index is 0.180. The summed E-state index contributed by atoms with van der Waals surface area (Å²) in [5, 5.41) is 2.48. The van der Waals surface area contributed by atoms with E-state index in [1.807, 2.05) is 0 Å². The Hall–Kier alpha value is -8.14. The van der Waals surface area contributed by atoms with Crippen molar-refractivity contribution in [2.75, 3.05) is 14.7 Å². The van der Waals surface area contributed by atoms with Crippen molar-refractivity contribution in [1.82, 2.24) is 0 Å². The van der Waals surface area contributed by atoms with Crippen LogP contribution >= 0.6 is 0 Å². The molecule has 1 aliphatic carbocycles. The number of rotatable bonds is 10. The van der Waals surface area contributed by atoms with Gasteiger partial charge < -0.3 is 14.7 Å². The molecule has 1 aliphatic rings. The lowest BCUT2D eigenvalue weighted by atomic mass is 9.82. The molecule has 0 radical (unpaired) electrons. The van der Waals surface area contributed by atoms with Gasteiger partial charge in [0.25, 0.3) is 0 Å². The van der Waals surface area contributed by atoms with E-state index in [9.17, 15) is 0 Å². The van der Waals surface area contributed by atoms with E-state index in [4.69, 9.17) is 0 Å². The molecule has 65 heavy (non-hydrogen) atoms. The molecular formula is C62H49N3. The summed E-state index contributed by atoms with van der Waals surface area (Å²) < 4.78 is 0. The van der Waals surface area contributed by atoms with Crippen molar-refractivity contribution in [3.63, 3.8) is 0 Å². The SMILES string of the molecule is Cc1cccc2c1-c1ccc(N(c3ccc(-c4ccc5ccccc5c4)cc3)c3cc(N(c4ccccc4)c4ccccc4)cc(N(c4ccccc4)c4ccccc4)c3)cc1C2(C)C. The van der Waals surface area contributed by atoms with Crippen molar-refractivity contribution in [3.05, 3.63) is 259 Å². The Morgan fingerprint density at radius 3 is 1.25 bits per heavy atom. The van der Waals surface area contributed by atoms with Crippen LogP contribution in [0.15, 0.2) is 243 Å². The number of benzene rings is 10. The van der Waals surface area contributed by atoms with Gasteiger partial charge in [-0.05, 0) is 154 Å². The predicted octanol–water partition coefficient (Wildman–Crippen LogP) is 17.5. The third kappa shape index (κ3) is 7.31. The van der Waals surface area contributed by atoms with Gasteiger partial charge in [0.2, 0.25) is 0 Å². The number of aryl methyl sites for hydroxylation is 1. The normalized spacial score (nSPS) is 12.4. The summed E-state index contributed by atoms with van der Waals surface area (Å²) in [6.45, 7) is 6.99. The van der Waals surface area contributed by atoms with Crippen LogP contribution in [0, 0.1) is 6.92 Å². The van der Waals surface area contributed by atoms with Crippen molar-refractivity contribution in [3.8, 4) is 22.3 Å². The van der Waals surface area contributed by atoms with E-state index < -0.39 is 0 Å². The highest BCUT2D eigenvalue weighted by Crippen LogP contribution is 2.53. The molecule has 10 aromatic carbocycles. The summed E-state index contributed by atoms with van der Waals surface area (Å²) in [5.74, 6) is 0. The average molecular weight is 836 g/mol. The van der Waals surface area contributed by atoms with Gasteiger partial charge in [-0.1, -0.05) is 159 Å². The van der Waals surface area contributed by atoms with Crippen molar-refractivity contribution in [1.29, 1.82) is 0 Å². The highest BCUT2D eigenvalue weighted by atomic mass is 15.2. The van der Waals surface area contributed by atoms with Gasteiger partial charge in [-0.25, -0.2) is 0 Å². The van der Waals surface area contributed by atoms with Crippen LogP contribution in [-0.2, 0) is 5.41 Å². The van der Waals surface area contributed by atoms with Crippen LogP contribution in [0.2, 0.25) is 0 Å². The number of hydrogen-bond donors (Lipinski definition) is 0. The third-order valence-electron chi connectivity index (χ3n) is 13.1. The first-order valence-corrected chi connectivity index (χ1v) is 22.5. The van der Waals surface area contributed by atoms with Crippen molar-refractivity contribution in [2.24, 2.45) is 0 Å². The van der Waals surface area contributed by atoms with Crippen molar-refractivity contribution >= 4 is 62.0 Å². The maximum atomic E-state index is 2.45. The standard InChI is InChI=1S/C62H49N3/c1-44-19-18-30-59-61(44)58-38-37-54(43-60(58)62(59,2)3)65(53-35-33-46(34-36-53)48-32-31-45-20-16-17-21-47(45)39-48)57-41-55(63(49-22-8-4-9-23-49)50-24-10-5-11-25-50)40-56(42-57)64(51-26-12-6-13-27-51)52-28-14-7-15-29-52/h4-43H,1-3H3. The molecule has 0 aromatic heterocycles. The summed E-state index contributed by atoms with van der Waals surface area (Å²) in [4.78, 5) is 7.19. The van der Waals surface area contributed by atoms with Crippen molar-refractivity contribution < 1.29 is 0 Å². The Morgan fingerprint density at radius 2 is 0.723 bits per heavy atom. The molecular weight excluding hydrogens is 787 g/mol. The lowest BCUT2D eigenvalue weighted by Crippen LogP contribution is -2.18. The molecule has 3 heteroatoms. The topological polar surface area (TPSA) is 9.72 Å². The Bertz CT molecular complexity index is 3110. The molecule has 312 valence electrons. The summed E-state index contributed by atoms with van der Waals surface area (Å²) >= 11 is 0. The first-order valence-electron chi connectivity index (χ1n) is 22.5. The molecule has 0 bridgehead atoms. The molecule has 10 aromatic rings. The number of fused-ring (bicyclic) bond motifs is 4. The lowest BCUT2D eigenvalue weighted by Gasteiger charge is -2.33. The Labute approximate surface area is 382 Å². The fraction of sp³-hybridized carbons (Fsp3) is 0.0645. The fourth-order valence-electron chi connectivity index (χ4n) is 9.89. The van der Waals surface area contributed by atoms with Crippen LogP contribution < -0.4 is 14.7 Å². The molecule has 0 unspecified atom stereocenters. The van der Waals surface area contributed by atoms with E-state index in [1.165, 1.54) is 49.7 Å². The second kappa shape index (κ2) is 16.5. The zero-order valence-corrected chi connectivity index (χ0v) is 36.9. The molecule has 0 fully saturated rings. The second-order valence-electron chi connectivity index (χ2n) is 17.5. The van der Waals surface area contributed by atoms with E-state index in [2.05, 4.69) is 278 Å². The van der Waals surface area contributed by atoms with Crippen molar-refractivity contribution in [2.45, 2.75) is 26.2 Å². The zero-order valence-electron chi connectivity index (χ0n) is 36.9. The van der Waals surface area contributed by atoms with Crippen LogP contribution in [-0.4, -0.2) is 0 Å². The number of para-hydroxylation sites is 4. The van der Waals surface area contributed by atoms with Gasteiger partial charge in [-0.2, -0.15) is 0 Å². The van der Waals surface area contributed by atoms with E-state index in [0.717, 1.165) is 51.2 Å². The quantitative estimate of drug-likeness (QED) is 0.136. The molecule has 11 rings (SSSR count). The molecule has 0 aliphatic heterocycles. The van der Waals surface area contributed by atoms with Crippen LogP contribution in [0.3, 0.4) is 0 Å². The average Bonchev–Trinajstić information content (AvgIpc) is 3.59. The summed E-state index contributed by atoms with van der Waals surface area (Å²) in [5.41, 5.74) is 18.5. The Balaban J connectivity index is 1.16. The predicted molar refractivity (Wildman–Crippen MR) is 276 cm³/mol. The van der Waals surface area contributed by atoms with Crippen LogP contribution in [0.4, 0.5) is 51.2 Å².